The van der Waals surface area contributed by atoms with E-state index in [1.807, 2.05) is 0 Å². The molecule has 0 atom stereocenters. The lowest BCUT2D eigenvalue weighted by atomic mass is 9.92. The maximum atomic E-state index is 12.7. The van der Waals surface area contributed by atoms with Gasteiger partial charge in [0.05, 0.1) is 0 Å². The number of nitrogens with zero attached hydrogens (tertiary/aromatic N) is 1. The Hall–Kier alpha value is -0.990. The van der Waals surface area contributed by atoms with Crippen molar-refractivity contribution in [3.05, 3.63) is 29.6 Å². The van der Waals surface area contributed by atoms with Gasteiger partial charge in [0, 0.05) is 6.20 Å². The summed E-state index contributed by atoms with van der Waals surface area (Å²) >= 11 is 0. The molecule has 3 heteroatoms. The van der Waals surface area contributed by atoms with Crippen molar-refractivity contribution < 1.29 is 8.78 Å². The van der Waals surface area contributed by atoms with Crippen LogP contribution >= 0.6 is 0 Å². The lowest BCUT2D eigenvalue weighted by Crippen LogP contribution is -2.10. The standard InChI is InChI=1S/C11H13F2N/c1-2-11(5-6-11)8-4-3-7-14-9(8)10(12)13/h3-4,7,10H,2,5-6H2,1H3. The molecule has 1 saturated carbocycles. The molecule has 0 saturated heterocycles. The maximum absolute atomic E-state index is 12.7. The van der Waals surface area contributed by atoms with E-state index in [0.717, 1.165) is 24.8 Å². The minimum Gasteiger partial charge on any atom is -0.255 e. The van der Waals surface area contributed by atoms with Gasteiger partial charge in [-0.05, 0) is 36.3 Å². The Morgan fingerprint density at radius 2 is 2.21 bits per heavy atom. The van der Waals surface area contributed by atoms with Crippen LogP contribution in [0.15, 0.2) is 18.3 Å². The third-order valence-electron chi connectivity index (χ3n) is 3.15. The summed E-state index contributed by atoms with van der Waals surface area (Å²) in [5.74, 6) is 0. The largest absolute Gasteiger partial charge is 0.280 e. The van der Waals surface area contributed by atoms with Gasteiger partial charge in [-0.15, -0.1) is 0 Å². The van der Waals surface area contributed by atoms with Crippen LogP contribution in [0.4, 0.5) is 8.78 Å². The number of alkyl halides is 2. The molecule has 76 valence electrons. The van der Waals surface area contributed by atoms with Gasteiger partial charge < -0.3 is 0 Å². The van der Waals surface area contributed by atoms with Gasteiger partial charge in [-0.3, -0.25) is 4.98 Å². The summed E-state index contributed by atoms with van der Waals surface area (Å²) in [6.45, 7) is 2.05. The molecule has 0 unspecified atom stereocenters. The predicted octanol–water partition coefficient (Wildman–Crippen LogP) is 3.46. The van der Waals surface area contributed by atoms with Crippen LogP contribution in [0.25, 0.3) is 0 Å². The normalized spacial score (nSPS) is 18.6. The molecule has 1 nitrogen and oxygen atoms in total. The highest BCUT2D eigenvalue weighted by Crippen LogP contribution is 2.52. The second-order valence-corrected chi connectivity index (χ2v) is 3.87. The Bertz CT molecular complexity index is 332. The predicted molar refractivity (Wildman–Crippen MR) is 50.4 cm³/mol. The number of aromatic nitrogens is 1. The second kappa shape index (κ2) is 3.30. The zero-order chi connectivity index (χ0) is 10.2. The van der Waals surface area contributed by atoms with Crippen LogP contribution in [0.5, 0.6) is 0 Å². The molecule has 1 aromatic rings. The van der Waals surface area contributed by atoms with E-state index in [1.54, 1.807) is 12.1 Å². The monoisotopic (exact) mass is 197 g/mol. The molecule has 14 heavy (non-hydrogen) atoms. The maximum Gasteiger partial charge on any atom is 0.280 e. The van der Waals surface area contributed by atoms with E-state index < -0.39 is 6.43 Å². The first-order valence-corrected chi connectivity index (χ1v) is 4.93. The quantitative estimate of drug-likeness (QED) is 0.723. The number of rotatable bonds is 3. The van der Waals surface area contributed by atoms with Crippen LogP contribution in [0.1, 0.15) is 43.9 Å². The minimum absolute atomic E-state index is 0.0139. The zero-order valence-electron chi connectivity index (χ0n) is 8.13. The van der Waals surface area contributed by atoms with Gasteiger partial charge in [-0.2, -0.15) is 0 Å². The van der Waals surface area contributed by atoms with Crippen molar-refractivity contribution in [2.24, 2.45) is 0 Å². The molecule has 1 fully saturated rings. The smallest absolute Gasteiger partial charge is 0.255 e. The van der Waals surface area contributed by atoms with E-state index >= 15 is 0 Å². The van der Waals surface area contributed by atoms with Gasteiger partial charge in [0.1, 0.15) is 5.69 Å². The molecule has 1 aromatic heterocycles. The van der Waals surface area contributed by atoms with Gasteiger partial charge in [0.2, 0.25) is 0 Å². The SMILES string of the molecule is CCC1(c2cccnc2C(F)F)CC1. The Morgan fingerprint density at radius 3 is 2.71 bits per heavy atom. The summed E-state index contributed by atoms with van der Waals surface area (Å²) < 4.78 is 25.3. The summed E-state index contributed by atoms with van der Waals surface area (Å²) in [4.78, 5) is 3.78. The fraction of sp³-hybridized carbons (Fsp3) is 0.545. The molecule has 1 aliphatic rings. The Morgan fingerprint density at radius 1 is 1.50 bits per heavy atom. The first kappa shape index (κ1) is 9.56. The summed E-state index contributed by atoms with van der Waals surface area (Å²) in [6, 6.07) is 3.54. The summed E-state index contributed by atoms with van der Waals surface area (Å²) in [5.41, 5.74) is 0.754. The Balaban J connectivity index is 2.42. The summed E-state index contributed by atoms with van der Waals surface area (Å²) in [6.07, 6.45) is 1.97. The number of hydrogen-bond donors (Lipinski definition) is 0. The third kappa shape index (κ3) is 1.41. The molecule has 0 N–H and O–H groups in total. The van der Waals surface area contributed by atoms with Crippen LogP contribution in [-0.2, 0) is 5.41 Å². The number of hydrogen-bond acceptors (Lipinski definition) is 1. The van der Waals surface area contributed by atoms with Crippen molar-refractivity contribution in [3.8, 4) is 0 Å². The molecule has 1 heterocycles. The van der Waals surface area contributed by atoms with Crippen molar-refractivity contribution in [2.45, 2.75) is 38.0 Å². The fourth-order valence-electron chi connectivity index (χ4n) is 2.00. The van der Waals surface area contributed by atoms with Gasteiger partial charge in [-0.1, -0.05) is 13.0 Å². The van der Waals surface area contributed by atoms with Gasteiger partial charge in [0.25, 0.3) is 6.43 Å². The van der Waals surface area contributed by atoms with E-state index in [4.69, 9.17) is 0 Å². The molecule has 0 aliphatic heterocycles. The highest BCUT2D eigenvalue weighted by atomic mass is 19.3. The minimum atomic E-state index is -2.45. The molecule has 0 bridgehead atoms. The highest BCUT2D eigenvalue weighted by Gasteiger charge is 2.44. The van der Waals surface area contributed by atoms with Gasteiger partial charge in [0.15, 0.2) is 0 Å². The van der Waals surface area contributed by atoms with Crippen molar-refractivity contribution in [1.82, 2.24) is 4.98 Å². The van der Waals surface area contributed by atoms with E-state index in [2.05, 4.69) is 11.9 Å². The molecular formula is C11H13F2N. The van der Waals surface area contributed by atoms with E-state index in [0.29, 0.717) is 0 Å². The average molecular weight is 197 g/mol. The van der Waals surface area contributed by atoms with Crippen LogP contribution in [0.3, 0.4) is 0 Å². The Kier molecular flexibility index (Phi) is 2.25. The molecule has 0 amide bonds. The van der Waals surface area contributed by atoms with Gasteiger partial charge >= 0.3 is 0 Å². The van der Waals surface area contributed by atoms with E-state index in [1.165, 1.54) is 6.20 Å². The first-order valence-electron chi connectivity index (χ1n) is 4.93. The van der Waals surface area contributed by atoms with Crippen LogP contribution in [0, 0.1) is 0 Å². The summed E-state index contributed by atoms with van der Waals surface area (Å²) in [5, 5.41) is 0. The van der Waals surface area contributed by atoms with Crippen molar-refractivity contribution >= 4 is 0 Å². The van der Waals surface area contributed by atoms with Crippen LogP contribution < -0.4 is 0 Å². The lowest BCUT2D eigenvalue weighted by Gasteiger charge is -2.16. The topological polar surface area (TPSA) is 12.9 Å². The third-order valence-corrected chi connectivity index (χ3v) is 3.15. The molecular weight excluding hydrogens is 184 g/mol. The molecule has 0 aromatic carbocycles. The zero-order valence-corrected chi connectivity index (χ0v) is 8.13. The molecule has 2 rings (SSSR count). The lowest BCUT2D eigenvalue weighted by molar-refractivity contribution is 0.144. The highest BCUT2D eigenvalue weighted by molar-refractivity contribution is 5.34. The second-order valence-electron chi connectivity index (χ2n) is 3.87. The average Bonchev–Trinajstić information content (AvgIpc) is 2.98. The van der Waals surface area contributed by atoms with Crippen LogP contribution in [-0.4, -0.2) is 4.98 Å². The fourth-order valence-corrected chi connectivity index (χ4v) is 2.00. The molecule has 0 spiro atoms. The van der Waals surface area contributed by atoms with Crippen molar-refractivity contribution in [2.75, 3.05) is 0 Å². The number of pyridine rings is 1. The van der Waals surface area contributed by atoms with Crippen LogP contribution in [0.2, 0.25) is 0 Å². The Labute approximate surface area is 82.2 Å². The van der Waals surface area contributed by atoms with Gasteiger partial charge in [-0.25, -0.2) is 8.78 Å². The van der Waals surface area contributed by atoms with Crippen molar-refractivity contribution in [1.29, 1.82) is 0 Å². The molecule has 0 radical (unpaired) electrons. The number of halogens is 2. The summed E-state index contributed by atoms with van der Waals surface area (Å²) in [7, 11) is 0. The molecule has 1 aliphatic carbocycles. The first-order chi connectivity index (χ1) is 6.69. The van der Waals surface area contributed by atoms with E-state index in [9.17, 15) is 8.78 Å². The van der Waals surface area contributed by atoms with E-state index in [-0.39, 0.29) is 11.1 Å². The van der Waals surface area contributed by atoms with Crippen molar-refractivity contribution in [3.63, 3.8) is 0 Å².